The van der Waals surface area contributed by atoms with Crippen LogP contribution >= 0.6 is 11.6 Å². The molecule has 0 spiro atoms. The van der Waals surface area contributed by atoms with Crippen molar-refractivity contribution in [2.24, 2.45) is 5.16 Å². The van der Waals surface area contributed by atoms with Crippen molar-refractivity contribution in [1.82, 2.24) is 0 Å². The standard InChI is InChI=1S/C7H6ClNO3/c8-5-1-4(3-9-12)2-6(10)7(5)11/h1-3,10-12H/b9-3+. The maximum Gasteiger partial charge on any atom is 0.176 e. The summed E-state index contributed by atoms with van der Waals surface area (Å²) in [7, 11) is 0. The van der Waals surface area contributed by atoms with Crippen molar-refractivity contribution in [2.75, 3.05) is 0 Å². The van der Waals surface area contributed by atoms with Crippen LogP contribution in [-0.2, 0) is 0 Å². The summed E-state index contributed by atoms with van der Waals surface area (Å²) in [5, 5.41) is 28.9. The Kier molecular flexibility index (Phi) is 2.40. The Morgan fingerprint density at radius 2 is 2.00 bits per heavy atom. The van der Waals surface area contributed by atoms with E-state index in [0.29, 0.717) is 5.56 Å². The van der Waals surface area contributed by atoms with Crippen LogP contribution in [0, 0.1) is 0 Å². The summed E-state index contributed by atoms with van der Waals surface area (Å²) in [6.45, 7) is 0. The van der Waals surface area contributed by atoms with Gasteiger partial charge < -0.3 is 15.4 Å². The first-order valence-electron chi connectivity index (χ1n) is 3.04. The van der Waals surface area contributed by atoms with Crippen LogP contribution in [0.25, 0.3) is 0 Å². The van der Waals surface area contributed by atoms with Gasteiger partial charge in [0.1, 0.15) is 0 Å². The third kappa shape index (κ3) is 1.60. The van der Waals surface area contributed by atoms with Crippen LogP contribution in [0.1, 0.15) is 5.56 Å². The van der Waals surface area contributed by atoms with Gasteiger partial charge in [-0.2, -0.15) is 0 Å². The first-order chi connectivity index (χ1) is 5.65. The van der Waals surface area contributed by atoms with Crippen LogP contribution in [0.3, 0.4) is 0 Å². The molecule has 0 fully saturated rings. The van der Waals surface area contributed by atoms with Crippen LogP contribution in [-0.4, -0.2) is 21.6 Å². The average Bonchev–Trinajstić information content (AvgIpc) is 2.01. The molecule has 1 aromatic carbocycles. The quantitative estimate of drug-likeness (QED) is 0.270. The molecule has 0 heterocycles. The van der Waals surface area contributed by atoms with Gasteiger partial charge in [0.25, 0.3) is 0 Å². The van der Waals surface area contributed by atoms with E-state index in [1.54, 1.807) is 0 Å². The summed E-state index contributed by atoms with van der Waals surface area (Å²) in [6.07, 6.45) is 1.09. The summed E-state index contributed by atoms with van der Waals surface area (Å²) in [4.78, 5) is 0. The van der Waals surface area contributed by atoms with Gasteiger partial charge in [0.15, 0.2) is 11.5 Å². The number of hydrogen-bond acceptors (Lipinski definition) is 4. The number of phenols is 2. The van der Waals surface area contributed by atoms with E-state index in [2.05, 4.69) is 5.16 Å². The largest absolute Gasteiger partial charge is 0.504 e. The van der Waals surface area contributed by atoms with Gasteiger partial charge >= 0.3 is 0 Å². The minimum Gasteiger partial charge on any atom is -0.504 e. The summed E-state index contributed by atoms with van der Waals surface area (Å²) in [5.74, 6) is -0.732. The van der Waals surface area contributed by atoms with Crippen LogP contribution in [0.2, 0.25) is 5.02 Å². The number of oxime groups is 1. The molecule has 0 bridgehead atoms. The molecule has 5 heteroatoms. The zero-order valence-electron chi connectivity index (χ0n) is 5.90. The molecule has 3 N–H and O–H groups in total. The van der Waals surface area contributed by atoms with Crippen molar-refractivity contribution in [3.8, 4) is 11.5 Å². The minimum atomic E-state index is -0.383. The normalized spacial score (nSPS) is 10.8. The maximum atomic E-state index is 9.03. The minimum absolute atomic E-state index is 0.00454. The number of halogens is 1. The molecule has 0 aliphatic rings. The van der Waals surface area contributed by atoms with Crippen LogP contribution in [0.15, 0.2) is 17.3 Å². The molecule has 0 saturated heterocycles. The van der Waals surface area contributed by atoms with E-state index >= 15 is 0 Å². The highest BCUT2D eigenvalue weighted by Gasteiger charge is 2.05. The number of rotatable bonds is 1. The van der Waals surface area contributed by atoms with Crippen molar-refractivity contribution >= 4 is 17.8 Å². The summed E-state index contributed by atoms with van der Waals surface area (Å²) >= 11 is 5.50. The molecular weight excluding hydrogens is 182 g/mol. The van der Waals surface area contributed by atoms with E-state index in [1.165, 1.54) is 12.1 Å². The van der Waals surface area contributed by atoms with Crippen molar-refractivity contribution in [3.05, 3.63) is 22.7 Å². The first-order valence-corrected chi connectivity index (χ1v) is 3.42. The Bertz CT molecular complexity index is 301. The second-order valence-electron chi connectivity index (χ2n) is 2.12. The molecule has 0 unspecified atom stereocenters. The number of phenolic OH excluding ortho intramolecular Hbond substituents is 2. The fraction of sp³-hybridized carbons (Fsp3) is 0. The van der Waals surface area contributed by atoms with E-state index in [1.807, 2.05) is 0 Å². The molecule has 0 aliphatic carbocycles. The molecule has 0 aliphatic heterocycles. The van der Waals surface area contributed by atoms with Crippen LogP contribution in [0.5, 0.6) is 11.5 Å². The molecular formula is C7H6ClNO3. The Morgan fingerprint density at radius 3 is 2.50 bits per heavy atom. The van der Waals surface area contributed by atoms with E-state index in [-0.39, 0.29) is 16.5 Å². The zero-order chi connectivity index (χ0) is 9.14. The number of hydrogen-bond donors (Lipinski definition) is 3. The molecule has 0 radical (unpaired) electrons. The third-order valence-corrected chi connectivity index (χ3v) is 1.56. The highest BCUT2D eigenvalue weighted by atomic mass is 35.5. The molecule has 1 aromatic rings. The predicted octanol–water partition coefficient (Wildman–Crippen LogP) is 1.56. The topological polar surface area (TPSA) is 73.1 Å². The van der Waals surface area contributed by atoms with E-state index in [4.69, 9.17) is 27.0 Å². The Hall–Kier alpha value is -1.42. The van der Waals surface area contributed by atoms with Gasteiger partial charge in [0.2, 0.25) is 0 Å². The van der Waals surface area contributed by atoms with Gasteiger partial charge in [-0.05, 0) is 12.1 Å². The first kappa shape index (κ1) is 8.67. The molecule has 12 heavy (non-hydrogen) atoms. The highest BCUT2D eigenvalue weighted by Crippen LogP contribution is 2.33. The van der Waals surface area contributed by atoms with Crippen molar-refractivity contribution in [3.63, 3.8) is 0 Å². The lowest BCUT2D eigenvalue weighted by Gasteiger charge is -2.00. The Morgan fingerprint density at radius 1 is 1.33 bits per heavy atom. The number of nitrogens with zero attached hydrogens (tertiary/aromatic N) is 1. The molecule has 4 nitrogen and oxygen atoms in total. The fourth-order valence-corrected chi connectivity index (χ4v) is 0.969. The van der Waals surface area contributed by atoms with E-state index < -0.39 is 0 Å². The van der Waals surface area contributed by atoms with Gasteiger partial charge in [-0.1, -0.05) is 16.8 Å². The van der Waals surface area contributed by atoms with E-state index in [9.17, 15) is 0 Å². The summed E-state index contributed by atoms with van der Waals surface area (Å²) in [5.41, 5.74) is 0.401. The zero-order valence-corrected chi connectivity index (χ0v) is 6.65. The SMILES string of the molecule is O/N=C/c1cc(O)c(O)c(Cl)c1. The lowest BCUT2D eigenvalue weighted by molar-refractivity contribution is 0.322. The molecule has 0 atom stereocenters. The average molecular weight is 188 g/mol. The maximum absolute atomic E-state index is 9.03. The number of aromatic hydroxyl groups is 2. The second-order valence-corrected chi connectivity index (χ2v) is 2.52. The highest BCUT2D eigenvalue weighted by molar-refractivity contribution is 6.32. The number of benzene rings is 1. The summed E-state index contributed by atoms with van der Waals surface area (Å²) < 4.78 is 0. The van der Waals surface area contributed by atoms with Crippen LogP contribution in [0.4, 0.5) is 0 Å². The molecule has 0 amide bonds. The fourth-order valence-electron chi connectivity index (χ4n) is 0.746. The van der Waals surface area contributed by atoms with Crippen molar-refractivity contribution in [1.29, 1.82) is 0 Å². The van der Waals surface area contributed by atoms with Crippen molar-refractivity contribution < 1.29 is 15.4 Å². The van der Waals surface area contributed by atoms with Gasteiger partial charge in [-0.25, -0.2) is 0 Å². The molecule has 64 valence electrons. The van der Waals surface area contributed by atoms with Crippen molar-refractivity contribution in [2.45, 2.75) is 0 Å². The molecule has 0 aromatic heterocycles. The van der Waals surface area contributed by atoms with Gasteiger partial charge in [0.05, 0.1) is 11.2 Å². The van der Waals surface area contributed by atoms with Gasteiger partial charge in [-0.3, -0.25) is 0 Å². The molecule has 1 rings (SSSR count). The smallest absolute Gasteiger partial charge is 0.176 e. The summed E-state index contributed by atoms with van der Waals surface area (Å²) in [6, 6.07) is 2.58. The Labute approximate surface area is 73.3 Å². The lowest BCUT2D eigenvalue weighted by Crippen LogP contribution is -1.81. The van der Waals surface area contributed by atoms with Crippen LogP contribution < -0.4 is 0 Å². The Balaban J connectivity index is 3.21. The van der Waals surface area contributed by atoms with Gasteiger partial charge in [0, 0.05) is 5.56 Å². The van der Waals surface area contributed by atoms with Gasteiger partial charge in [-0.15, -0.1) is 0 Å². The van der Waals surface area contributed by atoms with E-state index in [0.717, 1.165) is 6.21 Å². The predicted molar refractivity (Wildman–Crippen MR) is 44.2 cm³/mol. The second kappa shape index (κ2) is 3.32. The lowest BCUT2D eigenvalue weighted by atomic mass is 10.2. The monoisotopic (exact) mass is 187 g/mol. The third-order valence-electron chi connectivity index (χ3n) is 1.27. The molecule has 0 saturated carbocycles.